The summed E-state index contributed by atoms with van der Waals surface area (Å²) in [6, 6.07) is 9.56. The van der Waals surface area contributed by atoms with Gasteiger partial charge in [0.1, 0.15) is 6.07 Å². The predicted molar refractivity (Wildman–Crippen MR) is 92.1 cm³/mol. The molecular weight excluding hydrogens is 324 g/mol. The first-order chi connectivity index (χ1) is 11.6. The van der Waals surface area contributed by atoms with E-state index in [1.807, 2.05) is 37.3 Å². The molecule has 0 bridgehead atoms. The third kappa shape index (κ3) is 2.53. The van der Waals surface area contributed by atoms with Gasteiger partial charge in [-0.2, -0.15) is 5.26 Å². The number of nitrogen functional groups attached to an aromatic ring is 1. The summed E-state index contributed by atoms with van der Waals surface area (Å²) in [6.07, 6.45) is 3.34. The van der Waals surface area contributed by atoms with Crippen LogP contribution in [0, 0.1) is 18.3 Å². The van der Waals surface area contributed by atoms with Crippen LogP contribution in [0.5, 0.6) is 0 Å². The van der Waals surface area contributed by atoms with E-state index in [4.69, 9.17) is 10.5 Å². The summed E-state index contributed by atoms with van der Waals surface area (Å²) in [5.74, 6) is -0.593. The number of aryl methyl sites for hydroxylation is 1. The maximum absolute atomic E-state index is 12.2. The first-order valence-electron chi connectivity index (χ1n) is 7.08. The number of nitrogens with two attached hydrogens (primary N) is 1. The van der Waals surface area contributed by atoms with Gasteiger partial charge < -0.3 is 15.0 Å². The Morgan fingerprint density at radius 2 is 2.17 bits per heavy atom. The number of esters is 1. The van der Waals surface area contributed by atoms with Crippen LogP contribution in [-0.2, 0) is 4.74 Å². The van der Waals surface area contributed by atoms with E-state index in [0.29, 0.717) is 0 Å². The monoisotopic (exact) mass is 338 g/mol. The number of nitriles is 1. The van der Waals surface area contributed by atoms with Gasteiger partial charge in [0.2, 0.25) is 0 Å². The van der Waals surface area contributed by atoms with Crippen LogP contribution in [0.4, 0.5) is 5.69 Å². The number of para-hydroxylation sites is 1. The van der Waals surface area contributed by atoms with E-state index in [1.165, 1.54) is 7.11 Å². The molecule has 0 aliphatic heterocycles. The number of ether oxygens (including phenoxy) is 1. The lowest BCUT2D eigenvalue weighted by atomic mass is 10.1. The molecule has 3 aromatic rings. The average Bonchev–Trinajstić information content (AvgIpc) is 3.17. The second-order valence-corrected chi connectivity index (χ2v) is 6.27. The quantitative estimate of drug-likeness (QED) is 0.740. The minimum absolute atomic E-state index is 0.111. The van der Waals surface area contributed by atoms with E-state index in [1.54, 1.807) is 28.3 Å². The molecule has 2 aromatic heterocycles. The highest BCUT2D eigenvalue weighted by molar-refractivity contribution is 7.15. The van der Waals surface area contributed by atoms with Gasteiger partial charge in [0.05, 0.1) is 33.9 Å². The Kier molecular flexibility index (Phi) is 4.06. The average molecular weight is 338 g/mol. The van der Waals surface area contributed by atoms with Gasteiger partial charge in [-0.05, 0) is 13.0 Å². The molecule has 0 unspecified atom stereocenters. The molecule has 0 aliphatic rings. The number of nitrogens with zero attached hydrogens (tertiary/aromatic N) is 3. The SMILES string of the molecule is COC(=O)c1c(N)c(C#N)cn1-c1ccccc1-c1cnc(C)s1. The Hall–Kier alpha value is -3.11. The number of carbonyl (C=O) groups is 1. The van der Waals surface area contributed by atoms with Crippen molar-refractivity contribution in [2.45, 2.75) is 6.92 Å². The number of methoxy groups -OCH3 is 1. The molecule has 0 aliphatic carbocycles. The molecule has 1 aromatic carbocycles. The molecule has 24 heavy (non-hydrogen) atoms. The van der Waals surface area contributed by atoms with Crippen LogP contribution in [0.2, 0.25) is 0 Å². The van der Waals surface area contributed by atoms with E-state index >= 15 is 0 Å². The Morgan fingerprint density at radius 3 is 2.79 bits per heavy atom. The maximum atomic E-state index is 12.2. The fraction of sp³-hybridized carbons (Fsp3) is 0.118. The molecule has 0 spiro atoms. The molecule has 0 amide bonds. The number of carbonyl (C=O) groups excluding carboxylic acids is 1. The number of benzene rings is 1. The van der Waals surface area contributed by atoms with Crippen LogP contribution in [-0.4, -0.2) is 22.6 Å². The van der Waals surface area contributed by atoms with Crippen molar-refractivity contribution in [1.29, 1.82) is 5.26 Å². The summed E-state index contributed by atoms with van der Waals surface area (Å²) in [5.41, 5.74) is 8.07. The zero-order valence-electron chi connectivity index (χ0n) is 13.1. The molecule has 2 heterocycles. The zero-order chi connectivity index (χ0) is 17.3. The van der Waals surface area contributed by atoms with Gasteiger partial charge in [-0.1, -0.05) is 18.2 Å². The molecule has 120 valence electrons. The standard InChI is InChI=1S/C17H14N4O2S/c1-10-20-8-14(24-10)12-5-3-4-6-13(12)21-9-11(7-18)15(19)16(21)17(22)23-2/h3-6,8-9H,19H2,1-2H3. The number of rotatable bonds is 3. The lowest BCUT2D eigenvalue weighted by Crippen LogP contribution is -2.11. The van der Waals surface area contributed by atoms with Crippen molar-refractivity contribution >= 4 is 23.0 Å². The smallest absolute Gasteiger partial charge is 0.357 e. The second kappa shape index (κ2) is 6.18. The molecule has 6 nitrogen and oxygen atoms in total. The summed E-state index contributed by atoms with van der Waals surface area (Å²) in [4.78, 5) is 17.4. The molecule has 0 atom stereocenters. The zero-order valence-corrected chi connectivity index (χ0v) is 13.9. The van der Waals surface area contributed by atoms with Crippen LogP contribution >= 0.6 is 11.3 Å². The number of aromatic nitrogens is 2. The molecule has 2 N–H and O–H groups in total. The normalized spacial score (nSPS) is 10.4. The lowest BCUT2D eigenvalue weighted by molar-refractivity contribution is 0.0593. The number of hydrogen-bond acceptors (Lipinski definition) is 6. The van der Waals surface area contributed by atoms with Gasteiger partial charge in [-0.25, -0.2) is 9.78 Å². The summed E-state index contributed by atoms with van der Waals surface area (Å²) in [7, 11) is 1.28. The van der Waals surface area contributed by atoms with Crippen LogP contribution < -0.4 is 5.73 Å². The van der Waals surface area contributed by atoms with Crippen LogP contribution in [0.25, 0.3) is 16.1 Å². The molecule has 7 heteroatoms. The van der Waals surface area contributed by atoms with Crippen molar-refractivity contribution in [3.8, 4) is 22.2 Å². The molecule has 3 rings (SSSR count). The third-order valence-corrected chi connectivity index (χ3v) is 4.54. The van der Waals surface area contributed by atoms with Crippen molar-refractivity contribution in [1.82, 2.24) is 9.55 Å². The first-order valence-corrected chi connectivity index (χ1v) is 7.90. The number of hydrogen-bond donors (Lipinski definition) is 1. The Morgan fingerprint density at radius 1 is 1.42 bits per heavy atom. The highest BCUT2D eigenvalue weighted by atomic mass is 32.1. The summed E-state index contributed by atoms with van der Waals surface area (Å²) >= 11 is 1.55. The topological polar surface area (TPSA) is 93.9 Å². The van der Waals surface area contributed by atoms with Gasteiger partial charge in [0.25, 0.3) is 0 Å². The van der Waals surface area contributed by atoms with E-state index in [0.717, 1.165) is 21.1 Å². The Bertz CT molecular complexity index is 965. The lowest BCUT2D eigenvalue weighted by Gasteiger charge is -2.12. The Balaban J connectivity index is 2.28. The fourth-order valence-electron chi connectivity index (χ4n) is 2.48. The van der Waals surface area contributed by atoms with E-state index in [-0.39, 0.29) is 16.9 Å². The van der Waals surface area contributed by atoms with Crippen LogP contribution in [0.3, 0.4) is 0 Å². The number of anilines is 1. The van der Waals surface area contributed by atoms with Gasteiger partial charge in [-0.3, -0.25) is 0 Å². The van der Waals surface area contributed by atoms with Crippen LogP contribution in [0.1, 0.15) is 21.1 Å². The van der Waals surface area contributed by atoms with Gasteiger partial charge in [0, 0.05) is 18.0 Å². The van der Waals surface area contributed by atoms with Gasteiger partial charge >= 0.3 is 5.97 Å². The number of thiazole rings is 1. The molecular formula is C17H14N4O2S. The van der Waals surface area contributed by atoms with E-state index < -0.39 is 5.97 Å². The van der Waals surface area contributed by atoms with Gasteiger partial charge in [0.15, 0.2) is 5.69 Å². The maximum Gasteiger partial charge on any atom is 0.357 e. The summed E-state index contributed by atoms with van der Waals surface area (Å²) in [5, 5.41) is 10.2. The minimum atomic E-state index is -0.593. The van der Waals surface area contributed by atoms with Crippen molar-refractivity contribution in [2.75, 3.05) is 12.8 Å². The predicted octanol–water partition coefficient (Wildman–Crippen LogP) is 3.15. The largest absolute Gasteiger partial charge is 0.464 e. The Labute approximate surface area is 142 Å². The molecule has 0 saturated carbocycles. The molecule has 0 saturated heterocycles. The summed E-state index contributed by atoms with van der Waals surface area (Å²) in [6.45, 7) is 1.93. The summed E-state index contributed by atoms with van der Waals surface area (Å²) < 4.78 is 6.43. The minimum Gasteiger partial charge on any atom is -0.464 e. The highest BCUT2D eigenvalue weighted by Gasteiger charge is 2.23. The fourth-order valence-corrected chi connectivity index (χ4v) is 3.29. The van der Waals surface area contributed by atoms with Crippen LogP contribution in [0.15, 0.2) is 36.7 Å². The highest BCUT2D eigenvalue weighted by Crippen LogP contribution is 2.34. The van der Waals surface area contributed by atoms with Crippen molar-refractivity contribution in [3.63, 3.8) is 0 Å². The van der Waals surface area contributed by atoms with Crippen molar-refractivity contribution in [2.24, 2.45) is 0 Å². The van der Waals surface area contributed by atoms with E-state index in [2.05, 4.69) is 4.98 Å². The second-order valence-electron chi connectivity index (χ2n) is 5.04. The molecule has 0 fully saturated rings. The van der Waals surface area contributed by atoms with E-state index in [9.17, 15) is 10.1 Å². The first kappa shape index (κ1) is 15.8. The molecule has 0 radical (unpaired) electrons. The van der Waals surface area contributed by atoms with Crippen molar-refractivity contribution < 1.29 is 9.53 Å². The van der Waals surface area contributed by atoms with Gasteiger partial charge in [-0.15, -0.1) is 11.3 Å². The van der Waals surface area contributed by atoms with Crippen molar-refractivity contribution in [3.05, 3.63) is 52.9 Å². The third-order valence-electron chi connectivity index (χ3n) is 3.59.